The Hall–Kier alpha value is -1.21. The van der Waals surface area contributed by atoms with Crippen molar-refractivity contribution in [3.8, 4) is 0 Å². The summed E-state index contributed by atoms with van der Waals surface area (Å²) >= 11 is 0. The molecule has 0 aromatic rings. The van der Waals surface area contributed by atoms with Crippen molar-refractivity contribution in [3.63, 3.8) is 0 Å². The van der Waals surface area contributed by atoms with E-state index in [1.54, 1.807) is 6.08 Å². The zero-order valence-corrected chi connectivity index (χ0v) is 9.46. The van der Waals surface area contributed by atoms with Crippen LogP contribution >= 0.6 is 0 Å². The number of alkyl halides is 6. The maximum atomic E-state index is 12.2. The lowest BCUT2D eigenvalue weighted by molar-refractivity contribution is -0.314. The molecule has 2 aliphatic rings. The SMILES string of the molecule is O=C(OC(C(F)(F)F)C(F)(F)F)C1CC2C=CC1C2. The quantitative estimate of drug-likeness (QED) is 0.443. The van der Waals surface area contributed by atoms with Crippen LogP contribution in [0.25, 0.3) is 0 Å². The number of carbonyl (C=O) groups is 1. The van der Waals surface area contributed by atoms with E-state index in [1.165, 1.54) is 0 Å². The molecule has 0 radical (unpaired) electrons. The van der Waals surface area contributed by atoms with Crippen molar-refractivity contribution in [2.24, 2.45) is 17.8 Å². The fourth-order valence-electron chi connectivity index (χ4n) is 2.57. The molecule has 3 unspecified atom stereocenters. The highest BCUT2D eigenvalue weighted by molar-refractivity contribution is 5.74. The number of rotatable bonds is 2. The zero-order valence-electron chi connectivity index (χ0n) is 9.46. The smallest absolute Gasteiger partial charge is 0.434 e. The van der Waals surface area contributed by atoms with Gasteiger partial charge in [-0.2, -0.15) is 26.3 Å². The van der Waals surface area contributed by atoms with Crippen molar-refractivity contribution >= 4 is 5.97 Å². The summed E-state index contributed by atoms with van der Waals surface area (Å²) in [6.07, 6.45) is -11.0. The third kappa shape index (κ3) is 2.87. The van der Waals surface area contributed by atoms with E-state index < -0.39 is 30.3 Å². The molecular formula is C11H10F6O2. The van der Waals surface area contributed by atoms with Gasteiger partial charge in [-0.1, -0.05) is 12.2 Å². The minimum atomic E-state index is -5.65. The molecule has 0 aromatic heterocycles. The van der Waals surface area contributed by atoms with Crippen LogP contribution in [0.3, 0.4) is 0 Å². The van der Waals surface area contributed by atoms with E-state index in [-0.39, 0.29) is 18.3 Å². The molecule has 108 valence electrons. The first-order valence-electron chi connectivity index (χ1n) is 5.61. The van der Waals surface area contributed by atoms with Crippen LogP contribution in [-0.2, 0) is 9.53 Å². The molecule has 1 saturated carbocycles. The lowest BCUT2D eigenvalue weighted by Gasteiger charge is -2.25. The van der Waals surface area contributed by atoms with Gasteiger partial charge in [-0.25, -0.2) is 0 Å². The van der Waals surface area contributed by atoms with Gasteiger partial charge in [0.2, 0.25) is 0 Å². The van der Waals surface area contributed by atoms with Gasteiger partial charge in [-0.15, -0.1) is 0 Å². The lowest BCUT2D eigenvalue weighted by atomic mass is 9.94. The Morgan fingerprint density at radius 1 is 1.05 bits per heavy atom. The van der Waals surface area contributed by atoms with Crippen molar-refractivity contribution in [1.82, 2.24) is 0 Å². The maximum Gasteiger partial charge on any atom is 0.434 e. The second kappa shape index (κ2) is 4.42. The molecule has 2 rings (SSSR count). The Kier molecular flexibility index (Phi) is 3.30. The van der Waals surface area contributed by atoms with Crippen LogP contribution in [0, 0.1) is 17.8 Å². The van der Waals surface area contributed by atoms with E-state index in [4.69, 9.17) is 0 Å². The fraction of sp³-hybridized carbons (Fsp3) is 0.727. The summed E-state index contributed by atoms with van der Waals surface area (Å²) in [5.74, 6) is -2.57. The second-order valence-corrected chi connectivity index (χ2v) is 4.79. The van der Waals surface area contributed by atoms with Crippen LogP contribution in [0.5, 0.6) is 0 Å². The molecule has 0 spiro atoms. The van der Waals surface area contributed by atoms with Crippen molar-refractivity contribution < 1.29 is 35.9 Å². The number of allylic oxidation sites excluding steroid dienone is 2. The molecule has 0 amide bonds. The molecule has 0 aliphatic heterocycles. The Morgan fingerprint density at radius 3 is 2.00 bits per heavy atom. The number of hydrogen-bond acceptors (Lipinski definition) is 2. The van der Waals surface area contributed by atoms with Crippen LogP contribution in [0.1, 0.15) is 12.8 Å². The average molecular weight is 288 g/mol. The van der Waals surface area contributed by atoms with Gasteiger partial charge in [0.05, 0.1) is 5.92 Å². The topological polar surface area (TPSA) is 26.3 Å². The molecule has 0 N–H and O–H groups in total. The van der Waals surface area contributed by atoms with Crippen LogP contribution in [0.15, 0.2) is 12.2 Å². The Bertz CT molecular complexity index is 383. The average Bonchev–Trinajstić information content (AvgIpc) is 2.83. The first-order valence-corrected chi connectivity index (χ1v) is 5.61. The number of ether oxygens (including phenoxy) is 1. The molecule has 8 heteroatoms. The van der Waals surface area contributed by atoms with Crippen LogP contribution < -0.4 is 0 Å². The van der Waals surface area contributed by atoms with E-state index in [0.717, 1.165) is 0 Å². The van der Waals surface area contributed by atoms with Crippen LogP contribution in [0.2, 0.25) is 0 Å². The fourth-order valence-corrected chi connectivity index (χ4v) is 2.57. The third-order valence-corrected chi connectivity index (χ3v) is 3.41. The predicted octanol–water partition coefficient (Wildman–Crippen LogP) is 3.24. The normalized spacial score (nSPS) is 30.2. The molecule has 0 aromatic carbocycles. The number of esters is 1. The first kappa shape index (κ1) is 14.2. The third-order valence-electron chi connectivity index (χ3n) is 3.41. The Labute approximate surface area is 104 Å². The minimum absolute atomic E-state index is 0.0535. The number of fused-ring (bicyclic) bond motifs is 2. The predicted molar refractivity (Wildman–Crippen MR) is 50.8 cm³/mol. The van der Waals surface area contributed by atoms with Gasteiger partial charge in [-0.3, -0.25) is 4.79 Å². The highest BCUT2D eigenvalue weighted by Gasteiger charge is 2.60. The molecule has 0 saturated heterocycles. The van der Waals surface area contributed by atoms with E-state index in [9.17, 15) is 31.1 Å². The summed E-state index contributed by atoms with van der Waals surface area (Å²) in [4.78, 5) is 11.5. The Balaban J connectivity index is 2.06. The largest absolute Gasteiger partial charge is 0.443 e. The van der Waals surface area contributed by atoms with E-state index in [1.807, 2.05) is 6.08 Å². The van der Waals surface area contributed by atoms with Crippen molar-refractivity contribution in [2.75, 3.05) is 0 Å². The van der Waals surface area contributed by atoms with Gasteiger partial charge in [0.15, 0.2) is 0 Å². The summed E-state index contributed by atoms with van der Waals surface area (Å²) < 4.78 is 77.1. The number of halogens is 6. The molecule has 3 atom stereocenters. The Morgan fingerprint density at radius 2 is 1.63 bits per heavy atom. The molecule has 2 nitrogen and oxygen atoms in total. The van der Waals surface area contributed by atoms with Gasteiger partial charge in [0.1, 0.15) is 0 Å². The maximum absolute atomic E-state index is 12.2. The molecule has 1 fully saturated rings. The summed E-state index contributed by atoms with van der Waals surface area (Å²) in [6.45, 7) is 0. The summed E-state index contributed by atoms with van der Waals surface area (Å²) in [5, 5.41) is 0. The van der Waals surface area contributed by atoms with Gasteiger partial charge >= 0.3 is 18.3 Å². The van der Waals surface area contributed by atoms with E-state index >= 15 is 0 Å². The van der Waals surface area contributed by atoms with E-state index in [0.29, 0.717) is 6.42 Å². The first-order chi connectivity index (χ1) is 8.59. The molecule has 0 heterocycles. The highest BCUT2D eigenvalue weighted by atomic mass is 19.4. The minimum Gasteiger partial charge on any atom is -0.443 e. The molecular weight excluding hydrogens is 278 g/mol. The molecule has 2 aliphatic carbocycles. The van der Waals surface area contributed by atoms with Crippen molar-refractivity contribution in [1.29, 1.82) is 0 Å². The zero-order chi connectivity index (χ0) is 14.4. The highest BCUT2D eigenvalue weighted by Crippen LogP contribution is 2.45. The summed E-state index contributed by atoms with van der Waals surface area (Å²) in [6, 6.07) is 0. The van der Waals surface area contributed by atoms with Crippen molar-refractivity contribution in [2.45, 2.75) is 31.3 Å². The van der Waals surface area contributed by atoms with Gasteiger partial charge in [0.25, 0.3) is 6.10 Å². The van der Waals surface area contributed by atoms with Gasteiger partial charge in [-0.05, 0) is 24.7 Å². The second-order valence-electron chi connectivity index (χ2n) is 4.79. The number of carbonyl (C=O) groups excluding carboxylic acids is 1. The molecule has 2 bridgehead atoms. The monoisotopic (exact) mass is 288 g/mol. The standard InChI is InChI=1S/C11H10F6O2/c12-10(13,14)9(11(15,16)17)19-8(18)7-4-5-1-2-6(7)3-5/h1-2,5-7,9H,3-4H2. The van der Waals surface area contributed by atoms with Gasteiger partial charge < -0.3 is 4.74 Å². The van der Waals surface area contributed by atoms with Crippen LogP contribution in [-0.4, -0.2) is 24.4 Å². The van der Waals surface area contributed by atoms with Crippen LogP contribution in [0.4, 0.5) is 26.3 Å². The van der Waals surface area contributed by atoms with E-state index in [2.05, 4.69) is 4.74 Å². The molecule has 19 heavy (non-hydrogen) atoms. The number of hydrogen-bond donors (Lipinski definition) is 0. The summed E-state index contributed by atoms with van der Waals surface area (Å²) in [7, 11) is 0. The van der Waals surface area contributed by atoms with Crippen molar-refractivity contribution in [3.05, 3.63) is 12.2 Å². The lowest BCUT2D eigenvalue weighted by Crippen LogP contribution is -2.46. The summed E-state index contributed by atoms with van der Waals surface area (Å²) in [5.41, 5.74) is 0. The van der Waals surface area contributed by atoms with Gasteiger partial charge in [0, 0.05) is 0 Å².